The molecule has 0 unspecified atom stereocenters. The van der Waals surface area contributed by atoms with E-state index in [0.29, 0.717) is 35.4 Å². The molecule has 0 fully saturated rings. The van der Waals surface area contributed by atoms with E-state index >= 15 is 0 Å². The summed E-state index contributed by atoms with van der Waals surface area (Å²) in [4.78, 5) is 6.93. The van der Waals surface area contributed by atoms with E-state index in [9.17, 15) is 16.8 Å². The van der Waals surface area contributed by atoms with Gasteiger partial charge in [0.05, 0.1) is 21.3 Å². The summed E-state index contributed by atoms with van der Waals surface area (Å²) in [6.45, 7) is 3.89. The highest BCUT2D eigenvalue weighted by atomic mass is 32.2. The number of sulfone groups is 2. The average Bonchev–Trinajstić information content (AvgIpc) is 3.74. The molecule has 206 valence electrons. The summed E-state index contributed by atoms with van der Waals surface area (Å²) in [5, 5.41) is 4.03. The van der Waals surface area contributed by atoms with E-state index in [1.807, 2.05) is 73.1 Å². The summed E-state index contributed by atoms with van der Waals surface area (Å²) >= 11 is 7.59. The molecule has 0 aliphatic rings. The highest BCUT2D eigenvalue weighted by molar-refractivity contribution is 7.95. The summed E-state index contributed by atoms with van der Waals surface area (Å²) in [5.74, 6) is -0.145. The van der Waals surface area contributed by atoms with Gasteiger partial charge in [-0.1, -0.05) is 38.8 Å². The lowest BCUT2D eigenvalue weighted by molar-refractivity contribution is 0.581. The van der Waals surface area contributed by atoms with E-state index in [2.05, 4.69) is 0 Å². The molecule has 0 amide bonds. The van der Waals surface area contributed by atoms with Gasteiger partial charge < -0.3 is 0 Å². The maximum atomic E-state index is 14.0. The maximum absolute atomic E-state index is 14.0. The Balaban J connectivity index is 1.77. The van der Waals surface area contributed by atoms with Crippen LogP contribution in [-0.2, 0) is 19.7 Å². The Hall–Kier alpha value is -1.60. The van der Waals surface area contributed by atoms with E-state index < -0.39 is 19.7 Å². The van der Waals surface area contributed by atoms with Crippen LogP contribution < -0.4 is 0 Å². The van der Waals surface area contributed by atoms with Gasteiger partial charge in [0.2, 0.25) is 0 Å². The lowest BCUT2D eigenvalue weighted by atomic mass is 10.3. The fourth-order valence-electron chi connectivity index (χ4n) is 4.19. The number of hydrogen-bond donors (Lipinski definition) is 0. The number of thiophene rings is 5. The third-order valence-electron chi connectivity index (χ3n) is 6.17. The van der Waals surface area contributed by atoms with Gasteiger partial charge in [0.25, 0.3) is 0 Å². The van der Waals surface area contributed by atoms with Crippen molar-refractivity contribution in [1.82, 2.24) is 0 Å². The molecule has 0 aromatic carbocycles. The molecule has 0 aliphatic carbocycles. The first-order chi connectivity index (χ1) is 18.7. The highest BCUT2D eigenvalue weighted by Crippen LogP contribution is 2.52. The number of unbranched alkanes of at least 4 members (excludes halogenated alkanes) is 2. The molecule has 0 atom stereocenters. The zero-order chi connectivity index (χ0) is 27.6. The Kier molecular flexibility index (Phi) is 8.97. The molecule has 4 nitrogen and oxygen atoms in total. The fraction of sp³-hybridized carbons (Fsp3) is 0.286. The average molecular weight is 653 g/mol. The molecule has 0 spiro atoms. The van der Waals surface area contributed by atoms with Gasteiger partial charge in [-0.3, -0.25) is 0 Å². The standard InChI is InChI=1S/C28H28O4S7/c1-3-5-17-38(29,30)27-25(23-13-11-21(35-23)19-9-7-15-33-19)37-26(28(27)39(31,32)18-6-4-2)24-14-12-22(36-24)20-10-8-16-34-20/h7-16H,3-6,17-18H2,1-2H3. The van der Waals surface area contributed by atoms with E-state index in [1.165, 1.54) is 34.0 Å². The minimum Gasteiger partial charge on any atom is -0.224 e. The van der Waals surface area contributed by atoms with Crippen molar-refractivity contribution in [2.75, 3.05) is 11.5 Å². The minimum atomic E-state index is -3.86. The summed E-state index contributed by atoms with van der Waals surface area (Å²) in [7, 11) is -7.72. The van der Waals surface area contributed by atoms with Gasteiger partial charge in [0, 0.05) is 29.3 Å². The third kappa shape index (κ3) is 6.05. The lowest BCUT2D eigenvalue weighted by Crippen LogP contribution is -2.14. The third-order valence-corrected chi connectivity index (χ3v) is 16.1. The van der Waals surface area contributed by atoms with Crippen LogP contribution in [0.5, 0.6) is 0 Å². The van der Waals surface area contributed by atoms with Crippen LogP contribution in [0.15, 0.2) is 69.1 Å². The van der Waals surface area contributed by atoms with Crippen molar-refractivity contribution in [2.45, 2.75) is 49.3 Å². The van der Waals surface area contributed by atoms with Crippen LogP contribution in [0.4, 0.5) is 0 Å². The molecule has 39 heavy (non-hydrogen) atoms. The zero-order valence-corrected chi connectivity index (χ0v) is 27.2. The Morgan fingerprint density at radius 3 is 1.31 bits per heavy atom. The monoisotopic (exact) mass is 652 g/mol. The second-order valence-corrected chi connectivity index (χ2v) is 18.2. The molecule has 0 saturated heterocycles. The second-order valence-electron chi connectivity index (χ2n) is 9.05. The smallest absolute Gasteiger partial charge is 0.181 e. The molecule has 0 bridgehead atoms. The SMILES string of the molecule is CCCCS(=O)(=O)c1c(-c2ccc(-c3cccs3)s2)sc(-c2ccc(-c3cccs3)s2)c1S(=O)(=O)CCCC. The summed E-state index contributed by atoms with van der Waals surface area (Å²) in [6, 6.07) is 15.9. The summed E-state index contributed by atoms with van der Waals surface area (Å²) in [5.41, 5.74) is 0. The van der Waals surface area contributed by atoms with Crippen LogP contribution in [0.2, 0.25) is 0 Å². The Bertz CT molecular complexity index is 1620. The van der Waals surface area contributed by atoms with Crippen LogP contribution in [0, 0.1) is 0 Å². The van der Waals surface area contributed by atoms with Gasteiger partial charge in [-0.2, -0.15) is 0 Å². The molecule has 0 saturated carbocycles. The summed E-state index contributed by atoms with van der Waals surface area (Å²) < 4.78 is 55.8. The molecule has 5 heterocycles. The molecular weight excluding hydrogens is 625 g/mol. The first kappa shape index (κ1) is 28.9. The van der Waals surface area contributed by atoms with Gasteiger partial charge in [0.15, 0.2) is 19.7 Å². The Morgan fingerprint density at radius 2 is 0.949 bits per heavy atom. The van der Waals surface area contributed by atoms with Gasteiger partial charge in [-0.25, -0.2) is 16.8 Å². The molecule has 0 N–H and O–H groups in total. The van der Waals surface area contributed by atoms with Gasteiger partial charge in [-0.15, -0.1) is 56.7 Å². The molecule has 5 aromatic rings. The predicted molar refractivity (Wildman–Crippen MR) is 171 cm³/mol. The van der Waals surface area contributed by atoms with Gasteiger partial charge in [-0.05, 0) is 60.0 Å². The molecule has 5 rings (SSSR count). The van der Waals surface area contributed by atoms with Gasteiger partial charge in [0.1, 0.15) is 9.79 Å². The Labute approximate surface area is 250 Å². The van der Waals surface area contributed by atoms with Crippen LogP contribution in [0.25, 0.3) is 39.0 Å². The molecule has 5 aromatic heterocycles. The highest BCUT2D eigenvalue weighted by Gasteiger charge is 2.36. The van der Waals surface area contributed by atoms with Gasteiger partial charge >= 0.3 is 0 Å². The quantitative estimate of drug-likeness (QED) is 0.135. The minimum absolute atomic E-state index is 0.00212. The van der Waals surface area contributed by atoms with E-state index in [1.54, 1.807) is 22.7 Å². The van der Waals surface area contributed by atoms with Crippen molar-refractivity contribution >= 4 is 76.4 Å². The normalized spacial score (nSPS) is 12.4. The van der Waals surface area contributed by atoms with Crippen molar-refractivity contribution < 1.29 is 16.8 Å². The largest absolute Gasteiger partial charge is 0.224 e. The van der Waals surface area contributed by atoms with Crippen molar-refractivity contribution in [3.05, 3.63) is 59.3 Å². The zero-order valence-electron chi connectivity index (χ0n) is 21.5. The molecule has 11 heteroatoms. The second kappa shape index (κ2) is 12.1. The number of hydrogen-bond acceptors (Lipinski definition) is 9. The van der Waals surface area contributed by atoms with Crippen molar-refractivity contribution in [3.63, 3.8) is 0 Å². The molecule has 0 aliphatic heterocycles. The van der Waals surface area contributed by atoms with Crippen LogP contribution in [0.1, 0.15) is 39.5 Å². The Morgan fingerprint density at radius 1 is 0.538 bits per heavy atom. The fourth-order valence-corrected chi connectivity index (χ4v) is 14.5. The van der Waals surface area contributed by atoms with Crippen molar-refractivity contribution in [3.8, 4) is 39.0 Å². The van der Waals surface area contributed by atoms with E-state index in [-0.39, 0.29) is 21.3 Å². The first-order valence-electron chi connectivity index (χ1n) is 12.7. The number of rotatable bonds is 12. The topological polar surface area (TPSA) is 68.3 Å². The lowest BCUT2D eigenvalue weighted by Gasteiger charge is -2.10. The maximum Gasteiger partial charge on any atom is 0.181 e. The van der Waals surface area contributed by atoms with Crippen LogP contribution in [-0.4, -0.2) is 28.3 Å². The molecule has 0 radical (unpaired) electrons. The summed E-state index contributed by atoms with van der Waals surface area (Å²) in [6.07, 6.45) is 2.38. The van der Waals surface area contributed by atoms with Crippen LogP contribution in [0.3, 0.4) is 0 Å². The first-order valence-corrected chi connectivity index (χ1v) is 20.2. The molecular formula is C28H28O4S7. The van der Waals surface area contributed by atoms with Crippen LogP contribution >= 0.6 is 56.7 Å². The van der Waals surface area contributed by atoms with Crippen molar-refractivity contribution in [2.24, 2.45) is 0 Å². The predicted octanol–water partition coefficient (Wildman–Crippen LogP) is 9.81. The van der Waals surface area contributed by atoms with E-state index in [4.69, 9.17) is 0 Å². The van der Waals surface area contributed by atoms with E-state index in [0.717, 1.165) is 29.3 Å². The van der Waals surface area contributed by atoms with Crippen molar-refractivity contribution in [1.29, 1.82) is 0 Å².